The lowest BCUT2D eigenvalue weighted by molar-refractivity contribution is -0.141. The number of hydrogen-bond acceptors (Lipinski definition) is 8. The number of rotatable bonds is 11. The van der Waals surface area contributed by atoms with Gasteiger partial charge in [-0.05, 0) is 19.8 Å². The van der Waals surface area contributed by atoms with Crippen LogP contribution in [0.25, 0.3) is 0 Å². The molecule has 128 valence electrons. The van der Waals surface area contributed by atoms with Crippen molar-refractivity contribution in [3.8, 4) is 0 Å². The predicted octanol–water partition coefficient (Wildman–Crippen LogP) is 0.871. The Hall–Kier alpha value is 0.540. The van der Waals surface area contributed by atoms with E-state index in [4.69, 9.17) is 33.4 Å². The van der Waals surface area contributed by atoms with Crippen molar-refractivity contribution in [2.24, 2.45) is 11.3 Å². The number of aliphatic hydroxyl groups is 1. The molecule has 0 amide bonds. The highest BCUT2D eigenvalue weighted by Gasteiger charge is 2.43. The zero-order chi connectivity index (χ0) is 16.6. The molecule has 1 atom stereocenters. The smallest absolute Gasteiger partial charge is 0.327 e. The Balaban J connectivity index is 5.25. The third-order valence-electron chi connectivity index (χ3n) is 2.88. The molecule has 0 aromatic heterocycles. The molecule has 0 heterocycles. The molecule has 8 nitrogen and oxygen atoms in total. The van der Waals surface area contributed by atoms with Gasteiger partial charge >= 0.3 is 17.2 Å². The molecular weight excluding hydrogens is 322 g/mol. The van der Waals surface area contributed by atoms with Crippen molar-refractivity contribution >= 4 is 17.2 Å². The predicted molar refractivity (Wildman–Crippen MR) is 79.0 cm³/mol. The molecule has 0 aliphatic rings. The van der Waals surface area contributed by atoms with E-state index in [0.29, 0.717) is 0 Å². The molecule has 1 unspecified atom stereocenters. The second-order valence-electron chi connectivity index (χ2n) is 5.42. The molecule has 5 N–H and O–H groups in total. The Morgan fingerprint density at radius 3 is 1.57 bits per heavy atom. The molecule has 0 spiro atoms. The van der Waals surface area contributed by atoms with Crippen molar-refractivity contribution in [1.82, 2.24) is 0 Å². The van der Waals surface area contributed by atoms with E-state index >= 15 is 0 Å². The van der Waals surface area contributed by atoms with Crippen LogP contribution in [-0.4, -0.2) is 56.7 Å². The summed E-state index contributed by atoms with van der Waals surface area (Å²) in [5, 5.41) is 9.78. The fourth-order valence-corrected chi connectivity index (χ4v) is 2.81. The van der Waals surface area contributed by atoms with Crippen LogP contribution in [0.1, 0.15) is 27.7 Å². The molecule has 0 aromatic rings. The van der Waals surface area contributed by atoms with Gasteiger partial charge in [-0.2, -0.15) is 0 Å². The first-order valence-corrected chi connectivity index (χ1v) is 8.85. The van der Waals surface area contributed by atoms with E-state index in [9.17, 15) is 5.11 Å². The van der Waals surface area contributed by atoms with Crippen molar-refractivity contribution in [3.63, 3.8) is 0 Å². The van der Waals surface area contributed by atoms with Crippen LogP contribution in [0.5, 0.6) is 0 Å². The van der Waals surface area contributed by atoms with E-state index < -0.39 is 35.3 Å². The lowest BCUT2D eigenvalue weighted by Crippen LogP contribution is -2.50. The highest BCUT2D eigenvalue weighted by Crippen LogP contribution is 2.39. The van der Waals surface area contributed by atoms with Crippen molar-refractivity contribution in [3.05, 3.63) is 0 Å². The lowest BCUT2D eigenvalue weighted by atomic mass is 9.79. The summed E-state index contributed by atoms with van der Waals surface area (Å²) in [6.07, 6.45) is -0.676. The first-order chi connectivity index (χ1) is 9.64. The van der Waals surface area contributed by atoms with Crippen molar-refractivity contribution in [2.45, 2.75) is 39.9 Å². The summed E-state index contributed by atoms with van der Waals surface area (Å²) < 4.78 is 15.5. The first kappa shape index (κ1) is 21.5. The molecule has 0 aliphatic carbocycles. The molecular formula is C11H26O8P2. The van der Waals surface area contributed by atoms with E-state index in [2.05, 4.69) is 0 Å². The van der Waals surface area contributed by atoms with Gasteiger partial charge in [-0.3, -0.25) is 0 Å². The van der Waals surface area contributed by atoms with Gasteiger partial charge in [0.25, 0.3) is 0 Å². The van der Waals surface area contributed by atoms with Gasteiger partial charge in [0.1, 0.15) is 0 Å². The Labute approximate surface area is 127 Å². The minimum atomic E-state index is -2.60. The Morgan fingerprint density at radius 2 is 1.33 bits per heavy atom. The topological polar surface area (TPSA) is 129 Å². The van der Waals surface area contributed by atoms with E-state index in [1.54, 1.807) is 0 Å². The largest absolute Gasteiger partial charge is 0.396 e. The van der Waals surface area contributed by atoms with Crippen LogP contribution in [0.3, 0.4) is 0 Å². The van der Waals surface area contributed by atoms with Crippen molar-refractivity contribution in [1.29, 1.82) is 0 Å². The molecule has 0 aliphatic heterocycles. The average molecular weight is 348 g/mol. The van der Waals surface area contributed by atoms with Crippen LogP contribution in [0.4, 0.5) is 0 Å². The van der Waals surface area contributed by atoms with Gasteiger partial charge in [-0.15, -0.1) is 0 Å². The number of ether oxygens (including phenoxy) is 1. The minimum absolute atomic E-state index is 0.0426. The van der Waals surface area contributed by atoms with Crippen LogP contribution in [0.15, 0.2) is 0 Å². The number of hydrogen-bond donors (Lipinski definition) is 5. The number of aliphatic hydroxyl groups excluding tert-OH is 1. The molecule has 0 rings (SSSR count). The molecule has 0 saturated heterocycles. The maximum atomic E-state index is 9.78. The van der Waals surface area contributed by atoms with E-state index in [1.165, 1.54) is 0 Å². The van der Waals surface area contributed by atoms with E-state index in [1.807, 2.05) is 27.7 Å². The van der Waals surface area contributed by atoms with E-state index in [0.717, 1.165) is 0 Å². The maximum absolute atomic E-state index is 9.78. The van der Waals surface area contributed by atoms with Crippen LogP contribution in [0, 0.1) is 11.3 Å². The molecule has 0 bridgehead atoms. The van der Waals surface area contributed by atoms with Gasteiger partial charge in [-0.1, -0.05) is 13.8 Å². The lowest BCUT2D eigenvalue weighted by Gasteiger charge is -2.41. The van der Waals surface area contributed by atoms with Crippen LogP contribution in [0.2, 0.25) is 0 Å². The molecule has 21 heavy (non-hydrogen) atoms. The summed E-state index contributed by atoms with van der Waals surface area (Å²) in [6, 6.07) is 0. The summed E-state index contributed by atoms with van der Waals surface area (Å²) in [6.45, 7) is 6.47. The molecule has 0 radical (unpaired) electrons. The normalized spacial score (nSPS) is 14.7. The molecule has 0 fully saturated rings. The van der Waals surface area contributed by atoms with Gasteiger partial charge in [0.15, 0.2) is 0 Å². The summed E-state index contributed by atoms with van der Waals surface area (Å²) in [5.74, 6) is -0.0426. The standard InChI is InChI=1S/C11H26O8P2/c1-8(2)10(19-9(3)4)11(5-12,6-17-20(13)14)7-18-21(15)16/h8-10,12-16H,5-7H2,1-4H3. The Morgan fingerprint density at radius 1 is 0.905 bits per heavy atom. The highest BCUT2D eigenvalue weighted by molar-refractivity contribution is 7.39. The van der Waals surface area contributed by atoms with Gasteiger partial charge in [0.05, 0.1) is 37.4 Å². The summed E-state index contributed by atoms with van der Waals surface area (Å²) in [4.78, 5) is 35.7. The third-order valence-corrected chi connectivity index (χ3v) is 3.60. The van der Waals surface area contributed by atoms with Crippen molar-refractivity contribution in [2.75, 3.05) is 19.8 Å². The second kappa shape index (κ2) is 10.3. The average Bonchev–Trinajstić information content (AvgIpc) is 2.36. The summed E-state index contributed by atoms with van der Waals surface area (Å²) in [5.41, 5.74) is -1.14. The Bertz CT molecular complexity index is 263. The van der Waals surface area contributed by atoms with Gasteiger partial charge in [-0.25, -0.2) is 0 Å². The van der Waals surface area contributed by atoms with Crippen LogP contribution < -0.4 is 0 Å². The quantitative estimate of drug-likeness (QED) is 0.348. The zero-order valence-electron chi connectivity index (χ0n) is 12.7. The monoisotopic (exact) mass is 348 g/mol. The Kier molecular flexibility index (Phi) is 10.6. The third kappa shape index (κ3) is 8.09. The van der Waals surface area contributed by atoms with Gasteiger partial charge in [0, 0.05) is 0 Å². The highest BCUT2D eigenvalue weighted by atomic mass is 31.2. The first-order valence-electron chi connectivity index (χ1n) is 6.52. The maximum Gasteiger partial charge on any atom is 0.327 e. The fraction of sp³-hybridized carbons (Fsp3) is 1.00. The van der Waals surface area contributed by atoms with Gasteiger partial charge < -0.3 is 38.5 Å². The summed E-state index contributed by atoms with van der Waals surface area (Å²) in [7, 11) is -5.21. The minimum Gasteiger partial charge on any atom is -0.396 e. The van der Waals surface area contributed by atoms with Crippen LogP contribution in [-0.2, 0) is 13.8 Å². The molecule has 0 aromatic carbocycles. The fourth-order valence-electron chi connectivity index (χ4n) is 2.06. The molecule has 10 heteroatoms. The second-order valence-corrected chi connectivity index (χ2v) is 6.95. The SMILES string of the molecule is CC(C)OC(C(C)C)C(CO)(COP(O)O)COP(O)O. The molecule has 0 saturated carbocycles. The van der Waals surface area contributed by atoms with Crippen LogP contribution >= 0.6 is 17.2 Å². The summed E-state index contributed by atoms with van der Waals surface area (Å²) >= 11 is 0. The van der Waals surface area contributed by atoms with Crippen molar-refractivity contribution < 1.29 is 38.5 Å². The zero-order valence-corrected chi connectivity index (χ0v) is 14.5. The van der Waals surface area contributed by atoms with E-state index in [-0.39, 0.29) is 25.2 Å². The van der Waals surface area contributed by atoms with Gasteiger partial charge in [0.2, 0.25) is 0 Å².